The second kappa shape index (κ2) is 4.25. The number of hydrogen-bond donors (Lipinski definition) is 1. The summed E-state index contributed by atoms with van der Waals surface area (Å²) in [5.41, 5.74) is 8.85. The Morgan fingerprint density at radius 2 is 1.85 bits per heavy atom. The fraction of sp³-hybridized carbons (Fsp3) is 0.636. The molecule has 0 aliphatic rings. The highest BCUT2D eigenvalue weighted by Crippen LogP contribution is 2.29. The molecule has 1 aromatic rings. The van der Waals surface area contributed by atoms with Crippen LogP contribution in [0.25, 0.3) is 0 Å². The maximum atomic E-state index is 6.19. The molecule has 0 aliphatic carbocycles. The zero-order valence-electron chi connectivity index (χ0n) is 8.87. The third-order valence-corrected chi connectivity index (χ3v) is 3.75. The first-order valence-corrected chi connectivity index (χ1v) is 5.76. The molecule has 2 atom stereocenters. The first-order valence-electron chi connectivity index (χ1n) is 4.82. The summed E-state index contributed by atoms with van der Waals surface area (Å²) in [5.74, 6) is 1.20. The monoisotopic (exact) mass is 197 g/mol. The SMILES string of the molecule is Cc1cscc1C(N)C(C)C(C)C. The third kappa shape index (κ3) is 2.32. The molecule has 0 bridgehead atoms. The van der Waals surface area contributed by atoms with E-state index in [1.807, 2.05) is 0 Å². The van der Waals surface area contributed by atoms with E-state index in [4.69, 9.17) is 5.73 Å². The highest BCUT2D eigenvalue weighted by molar-refractivity contribution is 7.08. The van der Waals surface area contributed by atoms with Crippen LogP contribution in [0.4, 0.5) is 0 Å². The van der Waals surface area contributed by atoms with Gasteiger partial charge in [0.05, 0.1) is 0 Å². The van der Waals surface area contributed by atoms with Crippen molar-refractivity contribution in [2.24, 2.45) is 17.6 Å². The Morgan fingerprint density at radius 3 is 2.23 bits per heavy atom. The van der Waals surface area contributed by atoms with Crippen molar-refractivity contribution in [3.05, 3.63) is 21.9 Å². The summed E-state index contributed by atoms with van der Waals surface area (Å²) in [6.07, 6.45) is 0. The molecular weight excluding hydrogens is 178 g/mol. The predicted octanol–water partition coefficient (Wildman–Crippen LogP) is 3.35. The molecular formula is C11H19NS. The van der Waals surface area contributed by atoms with Gasteiger partial charge in [0.25, 0.3) is 0 Å². The molecule has 1 aromatic heterocycles. The van der Waals surface area contributed by atoms with Crippen molar-refractivity contribution in [2.45, 2.75) is 33.7 Å². The van der Waals surface area contributed by atoms with Gasteiger partial charge in [0.2, 0.25) is 0 Å². The van der Waals surface area contributed by atoms with Crippen LogP contribution < -0.4 is 5.73 Å². The molecule has 2 heteroatoms. The topological polar surface area (TPSA) is 26.0 Å². The van der Waals surface area contributed by atoms with Crippen LogP contribution in [-0.4, -0.2) is 0 Å². The van der Waals surface area contributed by atoms with Crippen molar-refractivity contribution in [1.29, 1.82) is 0 Å². The summed E-state index contributed by atoms with van der Waals surface area (Å²) in [4.78, 5) is 0. The molecule has 0 aliphatic heterocycles. The van der Waals surface area contributed by atoms with Gasteiger partial charge in [0, 0.05) is 6.04 Å². The van der Waals surface area contributed by atoms with Crippen LogP contribution in [0.2, 0.25) is 0 Å². The summed E-state index contributed by atoms with van der Waals surface area (Å²) in [7, 11) is 0. The molecule has 2 N–H and O–H groups in total. The molecule has 1 heterocycles. The first-order chi connectivity index (χ1) is 6.04. The Bertz CT molecular complexity index is 265. The van der Waals surface area contributed by atoms with Crippen molar-refractivity contribution < 1.29 is 0 Å². The van der Waals surface area contributed by atoms with Crippen LogP contribution >= 0.6 is 11.3 Å². The Morgan fingerprint density at radius 1 is 1.23 bits per heavy atom. The number of rotatable bonds is 3. The van der Waals surface area contributed by atoms with E-state index in [1.165, 1.54) is 11.1 Å². The van der Waals surface area contributed by atoms with Crippen LogP contribution in [0.5, 0.6) is 0 Å². The van der Waals surface area contributed by atoms with Gasteiger partial charge in [-0.15, -0.1) is 0 Å². The van der Waals surface area contributed by atoms with E-state index in [1.54, 1.807) is 11.3 Å². The quantitative estimate of drug-likeness (QED) is 0.790. The van der Waals surface area contributed by atoms with Crippen LogP contribution in [0, 0.1) is 18.8 Å². The van der Waals surface area contributed by atoms with E-state index in [0.29, 0.717) is 11.8 Å². The molecule has 13 heavy (non-hydrogen) atoms. The first kappa shape index (κ1) is 10.7. The van der Waals surface area contributed by atoms with Crippen LogP contribution in [0.15, 0.2) is 10.8 Å². The number of hydrogen-bond acceptors (Lipinski definition) is 2. The van der Waals surface area contributed by atoms with Gasteiger partial charge in [-0.05, 0) is 40.6 Å². The van der Waals surface area contributed by atoms with Gasteiger partial charge in [-0.1, -0.05) is 20.8 Å². The lowest BCUT2D eigenvalue weighted by atomic mass is 9.87. The van der Waals surface area contributed by atoms with Gasteiger partial charge in [-0.25, -0.2) is 0 Å². The molecule has 0 spiro atoms. The molecule has 74 valence electrons. The Hall–Kier alpha value is -0.340. The minimum Gasteiger partial charge on any atom is -0.324 e. The zero-order chi connectivity index (χ0) is 10.0. The maximum Gasteiger partial charge on any atom is 0.0334 e. The molecule has 1 rings (SSSR count). The fourth-order valence-corrected chi connectivity index (χ4v) is 2.31. The van der Waals surface area contributed by atoms with E-state index in [2.05, 4.69) is 38.5 Å². The molecule has 0 saturated carbocycles. The summed E-state index contributed by atoms with van der Waals surface area (Å²) in [6.45, 7) is 8.82. The highest BCUT2D eigenvalue weighted by atomic mass is 32.1. The Balaban J connectivity index is 2.79. The van der Waals surface area contributed by atoms with Gasteiger partial charge >= 0.3 is 0 Å². The van der Waals surface area contributed by atoms with E-state index in [9.17, 15) is 0 Å². The van der Waals surface area contributed by atoms with Crippen LogP contribution in [0.1, 0.15) is 37.9 Å². The van der Waals surface area contributed by atoms with Gasteiger partial charge in [0.15, 0.2) is 0 Å². The minimum absolute atomic E-state index is 0.200. The lowest BCUT2D eigenvalue weighted by Gasteiger charge is -2.23. The second-order valence-electron chi connectivity index (χ2n) is 4.14. The Labute approximate surface area is 85.0 Å². The molecule has 0 amide bonds. The van der Waals surface area contributed by atoms with Crippen molar-refractivity contribution in [3.8, 4) is 0 Å². The van der Waals surface area contributed by atoms with Crippen molar-refractivity contribution in [3.63, 3.8) is 0 Å². The standard InChI is InChI=1S/C11H19NS/c1-7(2)9(4)11(12)10-6-13-5-8(10)3/h5-7,9,11H,12H2,1-4H3. The minimum atomic E-state index is 0.200. The molecule has 0 fully saturated rings. The second-order valence-corrected chi connectivity index (χ2v) is 4.88. The van der Waals surface area contributed by atoms with E-state index >= 15 is 0 Å². The van der Waals surface area contributed by atoms with Crippen LogP contribution in [0.3, 0.4) is 0 Å². The molecule has 0 radical (unpaired) electrons. The lowest BCUT2D eigenvalue weighted by Crippen LogP contribution is -2.23. The van der Waals surface area contributed by atoms with Crippen LogP contribution in [-0.2, 0) is 0 Å². The smallest absolute Gasteiger partial charge is 0.0334 e. The predicted molar refractivity (Wildman–Crippen MR) is 60.0 cm³/mol. The van der Waals surface area contributed by atoms with Gasteiger partial charge in [-0.3, -0.25) is 0 Å². The molecule has 1 nitrogen and oxygen atoms in total. The third-order valence-electron chi connectivity index (χ3n) is 2.87. The fourth-order valence-electron chi connectivity index (χ4n) is 1.41. The van der Waals surface area contributed by atoms with Crippen molar-refractivity contribution in [1.82, 2.24) is 0 Å². The maximum absolute atomic E-state index is 6.19. The normalized spacial score (nSPS) is 16.2. The van der Waals surface area contributed by atoms with E-state index in [-0.39, 0.29) is 6.04 Å². The number of thiophene rings is 1. The molecule has 2 unspecified atom stereocenters. The molecule has 0 aromatic carbocycles. The van der Waals surface area contributed by atoms with Gasteiger partial charge < -0.3 is 5.73 Å². The van der Waals surface area contributed by atoms with Gasteiger partial charge in [0.1, 0.15) is 0 Å². The zero-order valence-corrected chi connectivity index (χ0v) is 9.69. The summed E-state index contributed by atoms with van der Waals surface area (Å²) in [6, 6.07) is 0.200. The van der Waals surface area contributed by atoms with Crippen molar-refractivity contribution in [2.75, 3.05) is 0 Å². The average Bonchev–Trinajstić information content (AvgIpc) is 2.48. The van der Waals surface area contributed by atoms with Crippen molar-refractivity contribution >= 4 is 11.3 Å². The molecule has 0 saturated heterocycles. The summed E-state index contributed by atoms with van der Waals surface area (Å²) < 4.78 is 0. The van der Waals surface area contributed by atoms with Gasteiger partial charge in [-0.2, -0.15) is 11.3 Å². The largest absolute Gasteiger partial charge is 0.324 e. The highest BCUT2D eigenvalue weighted by Gasteiger charge is 2.19. The Kier molecular flexibility index (Phi) is 3.51. The lowest BCUT2D eigenvalue weighted by molar-refractivity contribution is 0.352. The van der Waals surface area contributed by atoms with E-state index in [0.717, 1.165) is 0 Å². The summed E-state index contributed by atoms with van der Waals surface area (Å²) in [5, 5.41) is 4.35. The average molecular weight is 197 g/mol. The number of nitrogens with two attached hydrogens (primary N) is 1. The van der Waals surface area contributed by atoms with E-state index < -0.39 is 0 Å². The summed E-state index contributed by atoms with van der Waals surface area (Å²) >= 11 is 1.74. The number of aryl methyl sites for hydroxylation is 1.